The lowest BCUT2D eigenvalue weighted by Crippen LogP contribution is -2.34. The van der Waals surface area contributed by atoms with Gasteiger partial charge in [0.25, 0.3) is 0 Å². The van der Waals surface area contributed by atoms with Crippen molar-refractivity contribution in [2.45, 2.75) is 97.4 Å². The van der Waals surface area contributed by atoms with E-state index in [-0.39, 0.29) is 29.7 Å². The van der Waals surface area contributed by atoms with Crippen molar-refractivity contribution in [1.82, 2.24) is 0 Å². The van der Waals surface area contributed by atoms with Crippen molar-refractivity contribution >= 4 is 11.9 Å². The minimum Gasteiger partial charge on any atom is -0.481 e. The molecule has 0 aromatic heterocycles. The van der Waals surface area contributed by atoms with Crippen LogP contribution in [-0.4, -0.2) is 45.6 Å². The molecule has 0 radical (unpaired) electrons. The fourth-order valence-corrected chi connectivity index (χ4v) is 5.97. The summed E-state index contributed by atoms with van der Waals surface area (Å²) < 4.78 is 5.77. The molecule has 1 aliphatic carbocycles. The van der Waals surface area contributed by atoms with Crippen LogP contribution in [0.3, 0.4) is 0 Å². The summed E-state index contributed by atoms with van der Waals surface area (Å²) in [6.07, 6.45) is 7.33. The van der Waals surface area contributed by atoms with Gasteiger partial charge in [0.1, 0.15) is 6.10 Å². The van der Waals surface area contributed by atoms with Crippen molar-refractivity contribution in [3.63, 3.8) is 0 Å². The Morgan fingerprint density at radius 3 is 2.34 bits per heavy atom. The fourth-order valence-electron chi connectivity index (χ4n) is 5.97. The van der Waals surface area contributed by atoms with Gasteiger partial charge >= 0.3 is 11.9 Å². The highest BCUT2D eigenvalue weighted by atomic mass is 16.5. The third kappa shape index (κ3) is 8.77. The number of allylic oxidation sites excluding steroid dienone is 2. The minimum absolute atomic E-state index is 0.0816. The van der Waals surface area contributed by atoms with E-state index in [2.05, 4.69) is 19.9 Å². The number of aliphatic carboxylic acids is 1. The maximum absolute atomic E-state index is 12.7. The summed E-state index contributed by atoms with van der Waals surface area (Å²) in [5.74, 6) is -1.77. The van der Waals surface area contributed by atoms with E-state index in [1.807, 2.05) is 13.8 Å². The van der Waals surface area contributed by atoms with Gasteiger partial charge in [0.05, 0.1) is 36.2 Å². The summed E-state index contributed by atoms with van der Waals surface area (Å²) in [7, 11) is 0. The highest BCUT2D eigenvalue weighted by Crippen LogP contribution is 2.37. The minimum atomic E-state index is -0.882. The van der Waals surface area contributed by atoms with E-state index in [0.29, 0.717) is 31.1 Å². The van der Waals surface area contributed by atoms with Crippen LogP contribution in [0.25, 0.3) is 0 Å². The highest BCUT2D eigenvalue weighted by Gasteiger charge is 2.39. The highest BCUT2D eigenvalue weighted by molar-refractivity contribution is 5.72. The first-order valence-corrected chi connectivity index (χ1v) is 13.1. The van der Waals surface area contributed by atoms with E-state index in [9.17, 15) is 30.2 Å². The van der Waals surface area contributed by atoms with Crippen LogP contribution >= 0.6 is 0 Å². The van der Waals surface area contributed by atoms with E-state index in [1.165, 1.54) is 0 Å². The standard InChI is InChI=1S/C28H43NO6/c1-17-12-18(2)14-20(4)27(32)21(16-29)8-5-6-11-25(22-9-7-10-23(22)28(33)34)35-26(31)15-24(30)19(3)13-17/h5-6,8,17-20,22-25,27,30,32H,7,9-15H2,1-4H3,(H,33,34)/b6-5+,21-8+. The number of rotatable bonds is 2. The van der Waals surface area contributed by atoms with Crippen LogP contribution in [0, 0.1) is 46.8 Å². The molecule has 35 heavy (non-hydrogen) atoms. The van der Waals surface area contributed by atoms with Crippen LogP contribution in [0.5, 0.6) is 0 Å². The Bertz CT molecular complexity index is 815. The maximum atomic E-state index is 12.7. The number of nitriles is 1. The summed E-state index contributed by atoms with van der Waals surface area (Å²) in [4.78, 5) is 24.5. The molecule has 0 aromatic carbocycles. The molecule has 0 amide bonds. The SMILES string of the molecule is CC1CC(C)CC(C)C(O)/C(C#N)=C/C=C/CC(C2CCCC2C(=O)O)OC(=O)CC(O)C(C)C1. The number of carboxylic acids is 1. The van der Waals surface area contributed by atoms with Crippen molar-refractivity contribution in [3.05, 3.63) is 23.8 Å². The lowest BCUT2D eigenvalue weighted by Gasteiger charge is -2.28. The predicted molar refractivity (Wildman–Crippen MR) is 133 cm³/mol. The summed E-state index contributed by atoms with van der Waals surface area (Å²) in [5, 5.41) is 40.6. The fraction of sp³-hybridized carbons (Fsp3) is 0.750. The van der Waals surface area contributed by atoms with Crippen molar-refractivity contribution in [2.75, 3.05) is 0 Å². The number of nitrogens with zero attached hydrogens (tertiary/aromatic N) is 1. The van der Waals surface area contributed by atoms with Crippen LogP contribution in [0.4, 0.5) is 0 Å². The molecular weight excluding hydrogens is 446 g/mol. The Kier molecular flexibility index (Phi) is 11.5. The molecule has 0 bridgehead atoms. The van der Waals surface area contributed by atoms with Crippen LogP contribution in [0.1, 0.15) is 79.1 Å². The number of cyclic esters (lactones) is 1. The molecule has 196 valence electrons. The Morgan fingerprint density at radius 1 is 1.06 bits per heavy atom. The third-order valence-electron chi connectivity index (χ3n) is 7.80. The first kappa shape index (κ1) is 29.1. The number of ether oxygens (including phenoxy) is 1. The zero-order valence-electron chi connectivity index (χ0n) is 21.6. The third-order valence-corrected chi connectivity index (χ3v) is 7.80. The van der Waals surface area contributed by atoms with Gasteiger partial charge in [-0.1, -0.05) is 46.3 Å². The quantitative estimate of drug-likeness (QED) is 0.482. The largest absolute Gasteiger partial charge is 0.481 e. The van der Waals surface area contributed by atoms with Gasteiger partial charge in [-0.05, 0) is 61.9 Å². The van der Waals surface area contributed by atoms with Gasteiger partial charge < -0.3 is 20.1 Å². The molecule has 0 aromatic rings. The second-order valence-corrected chi connectivity index (χ2v) is 11.1. The van der Waals surface area contributed by atoms with Gasteiger partial charge in [-0.3, -0.25) is 9.59 Å². The smallest absolute Gasteiger partial charge is 0.308 e. The molecule has 7 heteroatoms. The average molecular weight is 490 g/mol. The molecule has 9 atom stereocenters. The summed E-state index contributed by atoms with van der Waals surface area (Å²) in [6, 6.07) is 2.10. The zero-order valence-corrected chi connectivity index (χ0v) is 21.6. The average Bonchev–Trinajstić information content (AvgIpc) is 3.27. The molecule has 7 nitrogen and oxygen atoms in total. The molecule has 1 saturated carbocycles. The summed E-state index contributed by atoms with van der Waals surface area (Å²) in [5.41, 5.74) is 0.282. The number of carboxylic acid groups (broad SMARTS) is 1. The Labute approximate surface area is 209 Å². The van der Waals surface area contributed by atoms with Crippen LogP contribution in [0.2, 0.25) is 0 Å². The number of aliphatic hydroxyl groups excluding tert-OH is 2. The second kappa shape index (κ2) is 13.8. The van der Waals surface area contributed by atoms with E-state index >= 15 is 0 Å². The molecule has 0 spiro atoms. The van der Waals surface area contributed by atoms with E-state index in [1.54, 1.807) is 18.2 Å². The molecule has 0 saturated heterocycles. The molecule has 2 rings (SSSR count). The number of aliphatic hydroxyl groups is 2. The lowest BCUT2D eigenvalue weighted by molar-refractivity contribution is -0.159. The number of esters is 1. The monoisotopic (exact) mass is 489 g/mol. The number of carbonyl (C=O) groups excluding carboxylic acids is 1. The van der Waals surface area contributed by atoms with Gasteiger partial charge in [0.2, 0.25) is 0 Å². The Morgan fingerprint density at radius 2 is 1.71 bits per heavy atom. The Balaban J connectivity index is 2.30. The zero-order chi connectivity index (χ0) is 26.1. The van der Waals surface area contributed by atoms with Gasteiger partial charge in [0.15, 0.2) is 0 Å². The lowest BCUT2D eigenvalue weighted by atomic mass is 9.82. The Hall–Kier alpha value is -2.17. The molecule has 1 aliphatic heterocycles. The summed E-state index contributed by atoms with van der Waals surface area (Å²) >= 11 is 0. The summed E-state index contributed by atoms with van der Waals surface area (Å²) in [6.45, 7) is 8.16. The molecule has 2 aliphatic rings. The maximum Gasteiger partial charge on any atom is 0.308 e. The van der Waals surface area contributed by atoms with Crippen molar-refractivity contribution < 1.29 is 29.6 Å². The molecule has 3 N–H and O–H groups in total. The van der Waals surface area contributed by atoms with Gasteiger partial charge in [-0.2, -0.15) is 5.26 Å². The van der Waals surface area contributed by atoms with Crippen LogP contribution in [-0.2, 0) is 14.3 Å². The molecule has 1 heterocycles. The van der Waals surface area contributed by atoms with E-state index in [0.717, 1.165) is 25.7 Å². The van der Waals surface area contributed by atoms with Crippen LogP contribution in [0.15, 0.2) is 23.8 Å². The molecular formula is C28H43NO6. The van der Waals surface area contributed by atoms with Crippen LogP contribution < -0.4 is 0 Å². The molecule has 1 fully saturated rings. The normalized spacial score (nSPS) is 40.9. The van der Waals surface area contributed by atoms with Crippen molar-refractivity contribution in [1.29, 1.82) is 5.26 Å². The van der Waals surface area contributed by atoms with Gasteiger partial charge in [-0.25, -0.2) is 0 Å². The second-order valence-electron chi connectivity index (χ2n) is 11.1. The van der Waals surface area contributed by atoms with Gasteiger partial charge in [0, 0.05) is 12.3 Å². The van der Waals surface area contributed by atoms with Crippen molar-refractivity contribution in [2.24, 2.45) is 35.5 Å². The number of hydrogen-bond donors (Lipinski definition) is 3. The number of carbonyl (C=O) groups is 2. The van der Waals surface area contributed by atoms with Gasteiger partial charge in [-0.15, -0.1) is 0 Å². The first-order chi connectivity index (χ1) is 16.5. The van der Waals surface area contributed by atoms with E-state index in [4.69, 9.17) is 4.74 Å². The number of hydrogen-bond acceptors (Lipinski definition) is 6. The first-order valence-electron chi connectivity index (χ1n) is 13.1. The van der Waals surface area contributed by atoms with E-state index < -0.39 is 36.2 Å². The van der Waals surface area contributed by atoms with Crippen molar-refractivity contribution in [3.8, 4) is 6.07 Å². The predicted octanol–water partition coefficient (Wildman–Crippen LogP) is 4.64. The molecule has 9 unspecified atom stereocenters. The topological polar surface area (TPSA) is 128 Å².